The molecular weight excluding hydrogens is 405 g/mol. The lowest BCUT2D eigenvalue weighted by atomic mass is 10.1. The number of amides is 1. The molecular formula is C19H19Cl2N3O2S. The maximum Gasteiger partial charge on any atom is 0.230 e. The van der Waals surface area contributed by atoms with Crippen LogP contribution < -0.4 is 15.5 Å². The lowest BCUT2D eigenvalue weighted by molar-refractivity contribution is -0.119. The number of hydrogen-bond acceptors (Lipinski definition) is 4. The van der Waals surface area contributed by atoms with Crippen LogP contribution in [0.2, 0.25) is 10.0 Å². The van der Waals surface area contributed by atoms with Gasteiger partial charge in [0.05, 0.1) is 30.3 Å². The summed E-state index contributed by atoms with van der Waals surface area (Å²) in [6, 6.07) is 12.7. The van der Waals surface area contributed by atoms with Gasteiger partial charge in [-0.05, 0) is 48.1 Å². The van der Waals surface area contributed by atoms with Crippen LogP contribution in [-0.2, 0) is 16.0 Å². The van der Waals surface area contributed by atoms with Crippen LogP contribution in [-0.4, -0.2) is 37.3 Å². The van der Waals surface area contributed by atoms with Gasteiger partial charge in [0.2, 0.25) is 5.91 Å². The summed E-state index contributed by atoms with van der Waals surface area (Å²) in [5.41, 5.74) is 2.54. The molecule has 0 unspecified atom stereocenters. The molecule has 1 fully saturated rings. The fourth-order valence-corrected chi connectivity index (χ4v) is 3.42. The zero-order valence-electron chi connectivity index (χ0n) is 14.5. The molecule has 27 heavy (non-hydrogen) atoms. The summed E-state index contributed by atoms with van der Waals surface area (Å²) in [5.74, 6) is -0.203. The van der Waals surface area contributed by atoms with Crippen molar-refractivity contribution in [3.8, 4) is 0 Å². The Morgan fingerprint density at radius 3 is 2.48 bits per heavy atom. The quantitative estimate of drug-likeness (QED) is 0.730. The molecule has 0 bridgehead atoms. The van der Waals surface area contributed by atoms with Gasteiger partial charge < -0.3 is 20.3 Å². The molecule has 8 heteroatoms. The molecule has 0 aromatic heterocycles. The first-order valence-corrected chi connectivity index (χ1v) is 9.65. The first kappa shape index (κ1) is 19.9. The van der Waals surface area contributed by atoms with E-state index in [-0.39, 0.29) is 17.4 Å². The van der Waals surface area contributed by atoms with Crippen LogP contribution in [0.1, 0.15) is 5.56 Å². The Labute approximate surface area is 173 Å². The Hall–Kier alpha value is -1.86. The SMILES string of the molecule is O=C(Cc1ccc(Cl)cc1)NC(=S)Nc1ccc(N2CCOCC2)c(Cl)c1. The second kappa shape index (κ2) is 9.37. The van der Waals surface area contributed by atoms with Crippen molar-refractivity contribution < 1.29 is 9.53 Å². The Kier molecular flexibility index (Phi) is 6.90. The van der Waals surface area contributed by atoms with E-state index in [9.17, 15) is 4.79 Å². The van der Waals surface area contributed by atoms with Crippen molar-refractivity contribution in [1.82, 2.24) is 5.32 Å². The van der Waals surface area contributed by atoms with Crippen molar-refractivity contribution in [2.24, 2.45) is 0 Å². The number of thiocarbonyl (C=S) groups is 1. The van der Waals surface area contributed by atoms with Gasteiger partial charge in [0.25, 0.3) is 0 Å². The maximum atomic E-state index is 12.1. The zero-order chi connectivity index (χ0) is 19.2. The van der Waals surface area contributed by atoms with Gasteiger partial charge in [0, 0.05) is 23.8 Å². The molecule has 1 amide bonds. The van der Waals surface area contributed by atoms with Gasteiger partial charge in [-0.25, -0.2) is 0 Å². The summed E-state index contributed by atoms with van der Waals surface area (Å²) in [4.78, 5) is 14.3. The monoisotopic (exact) mass is 423 g/mol. The van der Waals surface area contributed by atoms with E-state index in [1.165, 1.54) is 0 Å². The zero-order valence-corrected chi connectivity index (χ0v) is 16.8. The number of halogens is 2. The highest BCUT2D eigenvalue weighted by Crippen LogP contribution is 2.29. The normalized spacial score (nSPS) is 13.9. The number of hydrogen-bond donors (Lipinski definition) is 2. The summed E-state index contributed by atoms with van der Waals surface area (Å²) in [6.45, 7) is 3.01. The van der Waals surface area contributed by atoms with Gasteiger partial charge in [-0.1, -0.05) is 35.3 Å². The lowest BCUT2D eigenvalue weighted by Crippen LogP contribution is -2.36. The van der Waals surface area contributed by atoms with Gasteiger partial charge in [0.1, 0.15) is 0 Å². The molecule has 3 rings (SSSR count). The van der Waals surface area contributed by atoms with E-state index in [1.54, 1.807) is 18.2 Å². The number of morpholine rings is 1. The fraction of sp³-hybridized carbons (Fsp3) is 0.263. The van der Waals surface area contributed by atoms with Crippen LogP contribution in [0.25, 0.3) is 0 Å². The first-order valence-electron chi connectivity index (χ1n) is 8.49. The van der Waals surface area contributed by atoms with Crippen molar-refractivity contribution in [3.05, 3.63) is 58.1 Å². The third-order valence-corrected chi connectivity index (χ3v) is 4.85. The van der Waals surface area contributed by atoms with E-state index in [2.05, 4.69) is 15.5 Å². The minimum atomic E-state index is -0.203. The highest BCUT2D eigenvalue weighted by molar-refractivity contribution is 7.80. The van der Waals surface area contributed by atoms with E-state index < -0.39 is 0 Å². The number of nitrogens with zero attached hydrogens (tertiary/aromatic N) is 1. The number of nitrogens with one attached hydrogen (secondary N) is 2. The number of rotatable bonds is 4. The number of anilines is 2. The van der Waals surface area contributed by atoms with E-state index in [4.69, 9.17) is 40.2 Å². The van der Waals surface area contributed by atoms with E-state index in [0.29, 0.717) is 28.9 Å². The molecule has 0 saturated carbocycles. The number of ether oxygens (including phenoxy) is 1. The molecule has 0 radical (unpaired) electrons. The van der Waals surface area contributed by atoms with E-state index in [1.807, 2.05) is 24.3 Å². The largest absolute Gasteiger partial charge is 0.378 e. The number of benzene rings is 2. The van der Waals surface area contributed by atoms with Gasteiger partial charge in [-0.2, -0.15) is 0 Å². The van der Waals surface area contributed by atoms with Crippen LogP contribution in [0, 0.1) is 0 Å². The third kappa shape index (κ3) is 5.81. The van der Waals surface area contributed by atoms with Gasteiger partial charge in [-0.3, -0.25) is 4.79 Å². The summed E-state index contributed by atoms with van der Waals surface area (Å²) >= 11 is 17.5. The second-order valence-corrected chi connectivity index (χ2v) is 7.32. The minimum Gasteiger partial charge on any atom is -0.378 e. The predicted octanol–water partition coefficient (Wildman–Crippen LogP) is 3.89. The fourth-order valence-electron chi connectivity index (χ4n) is 2.77. The minimum absolute atomic E-state index is 0.203. The van der Waals surface area contributed by atoms with Gasteiger partial charge >= 0.3 is 0 Å². The molecule has 1 saturated heterocycles. The second-order valence-electron chi connectivity index (χ2n) is 6.07. The van der Waals surface area contributed by atoms with Crippen LogP contribution in [0.4, 0.5) is 11.4 Å². The van der Waals surface area contributed by atoms with E-state index in [0.717, 1.165) is 24.3 Å². The van der Waals surface area contributed by atoms with Gasteiger partial charge in [0.15, 0.2) is 5.11 Å². The summed E-state index contributed by atoms with van der Waals surface area (Å²) in [6.07, 6.45) is 0.218. The van der Waals surface area contributed by atoms with Crippen LogP contribution in [0.5, 0.6) is 0 Å². The van der Waals surface area contributed by atoms with Crippen molar-refractivity contribution in [3.63, 3.8) is 0 Å². The predicted molar refractivity (Wildman–Crippen MR) is 114 cm³/mol. The van der Waals surface area contributed by atoms with Crippen LogP contribution >= 0.6 is 35.4 Å². The molecule has 2 aromatic carbocycles. The molecule has 5 nitrogen and oxygen atoms in total. The van der Waals surface area contributed by atoms with Crippen LogP contribution in [0.3, 0.4) is 0 Å². The molecule has 1 aliphatic heterocycles. The topological polar surface area (TPSA) is 53.6 Å². The molecule has 0 atom stereocenters. The Balaban J connectivity index is 1.54. The van der Waals surface area contributed by atoms with E-state index >= 15 is 0 Å². The van der Waals surface area contributed by atoms with Crippen LogP contribution in [0.15, 0.2) is 42.5 Å². The molecule has 0 spiro atoms. The number of carbonyl (C=O) groups is 1. The van der Waals surface area contributed by atoms with Crippen molar-refractivity contribution in [2.75, 3.05) is 36.5 Å². The Bertz CT molecular complexity index is 824. The highest BCUT2D eigenvalue weighted by atomic mass is 35.5. The van der Waals surface area contributed by atoms with Crippen molar-refractivity contribution in [2.45, 2.75) is 6.42 Å². The van der Waals surface area contributed by atoms with Crippen molar-refractivity contribution in [1.29, 1.82) is 0 Å². The maximum absolute atomic E-state index is 12.1. The average Bonchev–Trinajstić information content (AvgIpc) is 2.64. The average molecular weight is 424 g/mol. The molecule has 142 valence electrons. The molecule has 1 heterocycles. The third-order valence-electron chi connectivity index (χ3n) is 4.09. The van der Waals surface area contributed by atoms with Crippen molar-refractivity contribution >= 4 is 57.8 Å². The van der Waals surface area contributed by atoms with Gasteiger partial charge in [-0.15, -0.1) is 0 Å². The standard InChI is InChI=1S/C19H19Cl2N3O2S/c20-14-3-1-13(2-4-14)11-18(25)23-19(27)22-15-5-6-17(16(21)12-15)24-7-9-26-10-8-24/h1-6,12H,7-11H2,(H2,22,23,25,27). The highest BCUT2D eigenvalue weighted by Gasteiger charge is 2.15. The lowest BCUT2D eigenvalue weighted by Gasteiger charge is -2.29. The Morgan fingerprint density at radius 1 is 1.11 bits per heavy atom. The number of carbonyl (C=O) groups excluding carboxylic acids is 1. The first-order chi connectivity index (χ1) is 13.0. The molecule has 2 N–H and O–H groups in total. The molecule has 2 aromatic rings. The Morgan fingerprint density at radius 2 is 1.81 bits per heavy atom. The summed E-state index contributed by atoms with van der Waals surface area (Å²) < 4.78 is 5.36. The molecule has 0 aliphatic carbocycles. The molecule has 1 aliphatic rings. The summed E-state index contributed by atoms with van der Waals surface area (Å²) in [7, 11) is 0. The summed E-state index contributed by atoms with van der Waals surface area (Å²) in [5, 5.41) is 7.14. The smallest absolute Gasteiger partial charge is 0.230 e.